The first-order chi connectivity index (χ1) is 14.4. The second-order valence-electron chi connectivity index (χ2n) is 9.25. The van der Waals surface area contributed by atoms with Crippen LogP contribution in [0.15, 0.2) is 18.2 Å². The third-order valence-corrected chi connectivity index (χ3v) is 7.13. The summed E-state index contributed by atoms with van der Waals surface area (Å²) in [6, 6.07) is 6.02. The van der Waals surface area contributed by atoms with Gasteiger partial charge < -0.3 is 15.1 Å². The summed E-state index contributed by atoms with van der Waals surface area (Å²) in [6.45, 7) is 8.46. The van der Waals surface area contributed by atoms with Crippen molar-refractivity contribution >= 4 is 23.4 Å². The van der Waals surface area contributed by atoms with E-state index in [9.17, 15) is 14.4 Å². The number of hydrogen-bond donors (Lipinski definition) is 3. The minimum atomic E-state index is -0.0637. The molecule has 1 aromatic carbocycles. The molecule has 1 aliphatic carbocycles. The van der Waals surface area contributed by atoms with Gasteiger partial charge in [0.1, 0.15) is 26.2 Å². The Morgan fingerprint density at radius 2 is 1.50 bits per heavy atom. The van der Waals surface area contributed by atoms with E-state index in [1.807, 2.05) is 32.0 Å². The maximum absolute atomic E-state index is 12.7. The molecule has 1 aromatic rings. The van der Waals surface area contributed by atoms with Crippen LogP contribution in [0, 0.1) is 25.7 Å². The van der Waals surface area contributed by atoms with Crippen LogP contribution in [0.3, 0.4) is 0 Å². The number of nitrogens with zero attached hydrogens (tertiary/aromatic N) is 1. The van der Waals surface area contributed by atoms with E-state index in [2.05, 4.69) is 5.32 Å². The van der Waals surface area contributed by atoms with Crippen molar-refractivity contribution in [3.8, 4) is 0 Å². The molecule has 30 heavy (non-hydrogen) atoms. The van der Waals surface area contributed by atoms with Crippen LogP contribution >= 0.6 is 0 Å². The minimum absolute atomic E-state index is 0.0415. The van der Waals surface area contributed by atoms with Gasteiger partial charge in [-0.25, -0.2) is 4.90 Å². The van der Waals surface area contributed by atoms with Gasteiger partial charge in [0.2, 0.25) is 11.8 Å². The number of likely N-dealkylation sites (tertiary alicyclic amines) is 1. The molecule has 0 bridgehead atoms. The molecule has 3 N–H and O–H groups in total. The van der Waals surface area contributed by atoms with E-state index in [1.54, 1.807) is 0 Å². The molecule has 0 aromatic heterocycles. The van der Waals surface area contributed by atoms with Crippen molar-refractivity contribution in [2.75, 3.05) is 44.7 Å². The predicted octanol–water partition coefficient (Wildman–Crippen LogP) is -0.842. The number of hydrogen-bond acceptors (Lipinski definition) is 3. The van der Waals surface area contributed by atoms with Gasteiger partial charge in [0.25, 0.3) is 5.91 Å². The lowest BCUT2D eigenvalue weighted by Gasteiger charge is -2.31. The molecule has 3 aliphatic rings. The van der Waals surface area contributed by atoms with E-state index in [-0.39, 0.29) is 29.6 Å². The number of para-hydroxylation sites is 1. The van der Waals surface area contributed by atoms with Gasteiger partial charge in [0.15, 0.2) is 13.2 Å². The van der Waals surface area contributed by atoms with Gasteiger partial charge in [-0.2, -0.15) is 0 Å². The van der Waals surface area contributed by atoms with E-state index in [0.29, 0.717) is 13.2 Å². The number of quaternary nitrogens is 2. The summed E-state index contributed by atoms with van der Waals surface area (Å²) in [6.07, 6.45) is 3.86. The number of carbonyl (C=O) groups excluding carboxylic acids is 3. The van der Waals surface area contributed by atoms with Gasteiger partial charge in [-0.05, 0) is 37.8 Å². The molecular weight excluding hydrogens is 380 g/mol. The molecule has 3 fully saturated rings. The van der Waals surface area contributed by atoms with Gasteiger partial charge >= 0.3 is 0 Å². The maximum atomic E-state index is 12.7. The van der Waals surface area contributed by atoms with Crippen LogP contribution in [0.2, 0.25) is 0 Å². The Bertz CT molecular complexity index is 787. The monoisotopic (exact) mass is 414 g/mol. The Morgan fingerprint density at radius 3 is 2.07 bits per heavy atom. The van der Waals surface area contributed by atoms with Crippen molar-refractivity contribution in [2.45, 2.75) is 39.5 Å². The zero-order valence-electron chi connectivity index (χ0n) is 18.1. The van der Waals surface area contributed by atoms with E-state index in [4.69, 9.17) is 0 Å². The molecule has 7 heteroatoms. The average Bonchev–Trinajstić information content (AvgIpc) is 2.97. The maximum Gasteiger partial charge on any atom is 0.279 e. The highest BCUT2D eigenvalue weighted by molar-refractivity contribution is 6.05. The topological polar surface area (TPSA) is 75.4 Å². The highest BCUT2D eigenvalue weighted by Crippen LogP contribution is 2.37. The third-order valence-electron chi connectivity index (χ3n) is 7.13. The van der Waals surface area contributed by atoms with Crippen LogP contribution in [0.5, 0.6) is 0 Å². The van der Waals surface area contributed by atoms with Crippen molar-refractivity contribution in [1.82, 2.24) is 4.90 Å². The second kappa shape index (κ2) is 8.86. The quantitative estimate of drug-likeness (QED) is 0.550. The fourth-order valence-electron chi connectivity index (χ4n) is 5.32. The fourth-order valence-corrected chi connectivity index (χ4v) is 5.32. The van der Waals surface area contributed by atoms with Crippen molar-refractivity contribution in [3.63, 3.8) is 0 Å². The summed E-state index contributed by atoms with van der Waals surface area (Å²) in [5.41, 5.74) is 3.07. The Kier molecular flexibility index (Phi) is 6.20. The lowest BCUT2D eigenvalue weighted by molar-refractivity contribution is -1.01. The van der Waals surface area contributed by atoms with Crippen LogP contribution < -0.4 is 15.1 Å². The molecule has 3 amide bonds. The van der Waals surface area contributed by atoms with Crippen molar-refractivity contribution in [3.05, 3.63) is 29.3 Å². The summed E-state index contributed by atoms with van der Waals surface area (Å²) in [5.74, 6) is 0.0250. The van der Waals surface area contributed by atoms with Gasteiger partial charge in [0, 0.05) is 5.69 Å². The smallest absolute Gasteiger partial charge is 0.279 e. The summed E-state index contributed by atoms with van der Waals surface area (Å²) in [4.78, 5) is 42.0. The van der Waals surface area contributed by atoms with Crippen LogP contribution in [-0.2, 0) is 14.4 Å². The van der Waals surface area contributed by atoms with Crippen molar-refractivity contribution in [2.24, 2.45) is 11.8 Å². The van der Waals surface area contributed by atoms with E-state index >= 15 is 0 Å². The number of amides is 3. The van der Waals surface area contributed by atoms with Gasteiger partial charge in [-0.1, -0.05) is 31.0 Å². The number of anilines is 1. The lowest BCUT2D eigenvalue weighted by Crippen LogP contribution is -3.29. The van der Waals surface area contributed by atoms with Crippen molar-refractivity contribution < 1.29 is 24.2 Å². The molecule has 0 spiro atoms. The summed E-state index contributed by atoms with van der Waals surface area (Å²) >= 11 is 0. The largest absolute Gasteiger partial charge is 0.321 e. The summed E-state index contributed by atoms with van der Waals surface area (Å²) < 4.78 is 0. The zero-order chi connectivity index (χ0) is 21.3. The molecule has 7 nitrogen and oxygen atoms in total. The summed E-state index contributed by atoms with van der Waals surface area (Å²) in [7, 11) is 0. The Labute approximate surface area is 178 Å². The van der Waals surface area contributed by atoms with Gasteiger partial charge in [0.05, 0.1) is 11.8 Å². The summed E-state index contributed by atoms with van der Waals surface area (Å²) in [5, 5.41) is 3.07. The van der Waals surface area contributed by atoms with E-state index < -0.39 is 0 Å². The molecule has 0 radical (unpaired) electrons. The number of imide groups is 1. The van der Waals surface area contributed by atoms with Gasteiger partial charge in [-0.15, -0.1) is 0 Å². The number of aryl methyl sites for hydroxylation is 2. The SMILES string of the molecule is Cc1cccc(C)c1NC(=O)C[NH+]1CC[NH+](CN2C(=O)[C@@H]3CCCC[C@H]3C2=O)CC1. The number of nitrogens with one attached hydrogen (secondary N) is 3. The Balaban J connectivity index is 1.26. The molecule has 4 rings (SSSR count). The minimum Gasteiger partial charge on any atom is -0.321 e. The Morgan fingerprint density at radius 1 is 0.967 bits per heavy atom. The van der Waals surface area contributed by atoms with Crippen LogP contribution in [0.4, 0.5) is 5.69 Å². The number of rotatable bonds is 5. The first-order valence-electron chi connectivity index (χ1n) is 11.3. The molecule has 2 aliphatic heterocycles. The third kappa shape index (κ3) is 4.27. The number of carbonyl (C=O) groups is 3. The fraction of sp³-hybridized carbons (Fsp3) is 0.609. The molecule has 2 saturated heterocycles. The molecule has 1 saturated carbocycles. The first-order valence-corrected chi connectivity index (χ1v) is 11.3. The number of fused-ring (bicyclic) bond motifs is 1. The molecule has 162 valence electrons. The highest BCUT2D eigenvalue weighted by Gasteiger charge is 2.49. The van der Waals surface area contributed by atoms with Crippen molar-refractivity contribution in [1.29, 1.82) is 0 Å². The van der Waals surface area contributed by atoms with Crippen LogP contribution in [0.25, 0.3) is 0 Å². The van der Waals surface area contributed by atoms with E-state index in [0.717, 1.165) is 68.7 Å². The highest BCUT2D eigenvalue weighted by atomic mass is 16.2. The molecule has 0 unspecified atom stereocenters. The Hall–Kier alpha value is -2.25. The molecule has 2 heterocycles. The van der Waals surface area contributed by atoms with E-state index in [1.165, 1.54) is 14.7 Å². The zero-order valence-corrected chi connectivity index (χ0v) is 18.1. The molecular formula is C23H34N4O3+2. The van der Waals surface area contributed by atoms with Crippen LogP contribution in [0.1, 0.15) is 36.8 Å². The predicted molar refractivity (Wildman–Crippen MR) is 113 cm³/mol. The first kappa shape index (κ1) is 21.0. The molecule has 2 atom stereocenters. The van der Waals surface area contributed by atoms with Gasteiger partial charge in [-0.3, -0.25) is 14.4 Å². The normalized spacial score (nSPS) is 29.1. The average molecular weight is 415 g/mol. The number of benzene rings is 1. The lowest BCUT2D eigenvalue weighted by atomic mass is 9.81. The van der Waals surface area contributed by atoms with Crippen LogP contribution in [-0.4, -0.2) is 62.0 Å². The second-order valence-corrected chi connectivity index (χ2v) is 9.25. The number of piperazine rings is 1. The standard InChI is InChI=1S/C23H32N4O3/c1-16-6-5-7-17(2)21(16)24-20(28)14-25-10-12-26(13-11-25)15-27-22(29)18-8-3-4-9-19(18)23(27)30/h5-7,18-19H,3-4,8-15H2,1-2H3,(H,24,28)/p+2/t18-,19-/m1/s1.